The van der Waals surface area contributed by atoms with Crippen LogP contribution in [-0.2, 0) is 57.6 Å². The Morgan fingerprint density at radius 2 is 0.596 bits per heavy atom. The van der Waals surface area contributed by atoms with Gasteiger partial charge in [0.25, 0.3) is 0 Å². The maximum atomic E-state index is 10.1. The number of thiocarbonyl (C=S) groups is 2. The SMILES string of the molecule is CC(=O)N(C)C.CC(=O)N(C)C.CC(=S)N(C)C.CC(=S)N(C)C.CC(C)=O.CN(C)C.COC.COC(C)=O.COC(C)=O.COS(C)=O.COSC.CSC. The van der Waals surface area contributed by atoms with Crippen molar-refractivity contribution in [2.45, 2.75) is 55.4 Å². The minimum atomic E-state index is -1.07. The average molecular weight is 926 g/mol. The summed E-state index contributed by atoms with van der Waals surface area (Å²) < 4.78 is 30.9. The standard InChI is InChI=1S/2C4H9NO.2C4H9NS.C3H9N.2C3H6O2.C3H6O.C2H6O2S.C2H6OS.C2H6O.C2H6S/c4*1-4(6)5(2)3;1-4(2)3;2*1-3(4)5-2;1-3(2)4;1-4-5(2)3;1-3-4-2;2*1-3-2/h4*1-3H3;1-3H3;2*1-2H3;1-2H3;1-2H3;1-2H3;2*1-2H3. The van der Waals surface area contributed by atoms with E-state index in [1.54, 1.807) is 61.3 Å². The van der Waals surface area contributed by atoms with Crippen molar-refractivity contribution in [2.24, 2.45) is 0 Å². The van der Waals surface area contributed by atoms with Crippen LogP contribution in [0.1, 0.15) is 55.4 Å². The third-order valence-corrected chi connectivity index (χ3v) is 5.03. The summed E-state index contributed by atoms with van der Waals surface area (Å²) in [5.74, 6) is -0.139. The molecule has 0 bridgehead atoms. The topological polar surface area (TPSA) is 165 Å². The van der Waals surface area contributed by atoms with Crippen molar-refractivity contribution in [3.05, 3.63) is 0 Å². The fraction of sp³-hybridized carbons (Fsp3) is 0.806. The number of rotatable bonds is 2. The zero-order valence-corrected chi connectivity index (χ0v) is 45.4. The van der Waals surface area contributed by atoms with Crippen molar-refractivity contribution >= 4 is 98.8 Å². The van der Waals surface area contributed by atoms with E-state index in [0.717, 1.165) is 9.98 Å². The fourth-order valence-corrected chi connectivity index (χ4v) is 0. The summed E-state index contributed by atoms with van der Waals surface area (Å²) in [5, 5.41) is 0. The highest BCUT2D eigenvalue weighted by Crippen LogP contribution is 1.84. The highest BCUT2D eigenvalue weighted by atomic mass is 32.2. The molecule has 1 unspecified atom stereocenters. The Morgan fingerprint density at radius 1 is 0.509 bits per heavy atom. The van der Waals surface area contributed by atoms with Crippen LogP contribution in [0.5, 0.6) is 0 Å². The molecule has 0 aromatic heterocycles. The number of hydrogen-bond donors (Lipinski definition) is 0. The lowest BCUT2D eigenvalue weighted by Crippen LogP contribution is -2.17. The summed E-state index contributed by atoms with van der Waals surface area (Å²) in [6.45, 7) is 12.6. The number of ketones is 1. The van der Waals surface area contributed by atoms with Gasteiger partial charge in [0.1, 0.15) is 5.78 Å². The minimum absolute atomic E-state index is 0.0926. The molecule has 0 aliphatic heterocycles. The van der Waals surface area contributed by atoms with E-state index < -0.39 is 11.1 Å². The zero-order valence-electron chi connectivity index (χ0n) is 41.3. The fourth-order valence-electron chi connectivity index (χ4n) is 0. The molecule has 0 spiro atoms. The highest BCUT2D eigenvalue weighted by molar-refractivity contribution is 7.97. The van der Waals surface area contributed by atoms with Crippen LogP contribution in [0.3, 0.4) is 0 Å². The van der Waals surface area contributed by atoms with E-state index >= 15 is 0 Å². The molecular weight excluding hydrogens is 839 g/mol. The van der Waals surface area contributed by atoms with Gasteiger partial charge in [-0.25, -0.2) is 4.21 Å². The Bertz CT molecular complexity index is 785. The van der Waals surface area contributed by atoms with Crippen LogP contribution in [0, 0.1) is 0 Å². The zero-order chi connectivity index (χ0) is 49.5. The summed E-state index contributed by atoms with van der Waals surface area (Å²) in [7, 11) is 29.6. The van der Waals surface area contributed by atoms with E-state index in [2.05, 4.69) is 22.6 Å². The first-order valence-electron chi connectivity index (χ1n) is 16.2. The molecule has 0 fully saturated rings. The molecule has 0 rings (SSSR count). The van der Waals surface area contributed by atoms with Gasteiger partial charge in [-0.05, 0) is 73.4 Å². The Balaban J connectivity index is -0.0000000390. The van der Waals surface area contributed by atoms with Gasteiger partial charge in [-0.1, -0.05) is 24.4 Å². The van der Waals surface area contributed by atoms with E-state index in [1.807, 2.05) is 96.6 Å². The van der Waals surface area contributed by atoms with Crippen molar-refractivity contribution in [1.82, 2.24) is 24.5 Å². The number of ether oxygens (including phenoxy) is 3. The van der Waals surface area contributed by atoms with Crippen molar-refractivity contribution < 1.29 is 50.8 Å². The number of esters is 2. The predicted octanol–water partition coefficient (Wildman–Crippen LogP) is 5.19. The highest BCUT2D eigenvalue weighted by Gasteiger charge is 1.88. The summed E-state index contributed by atoms with van der Waals surface area (Å²) in [6, 6.07) is 0. The second-order valence-electron chi connectivity index (χ2n) is 11.0. The second kappa shape index (κ2) is 78.4. The van der Waals surface area contributed by atoms with Gasteiger partial charge >= 0.3 is 11.9 Å². The van der Waals surface area contributed by atoms with Crippen molar-refractivity contribution in [3.8, 4) is 0 Å². The molecule has 0 aliphatic carbocycles. The largest absolute Gasteiger partial charge is 0.469 e. The van der Waals surface area contributed by atoms with E-state index in [-0.39, 0.29) is 29.5 Å². The molecule has 0 radical (unpaired) electrons. The van der Waals surface area contributed by atoms with E-state index in [1.165, 1.54) is 91.0 Å². The molecule has 2 amide bonds. The number of carbonyl (C=O) groups excluding carboxylic acids is 5. The van der Waals surface area contributed by atoms with Crippen LogP contribution in [-0.4, -0.2) is 213 Å². The quantitative estimate of drug-likeness (QED) is 0.202. The molecule has 21 heteroatoms. The van der Waals surface area contributed by atoms with Gasteiger partial charge < -0.3 is 47.7 Å². The van der Waals surface area contributed by atoms with Gasteiger partial charge in [0.05, 0.1) is 38.4 Å². The molecule has 0 saturated carbocycles. The number of amides is 2. The minimum Gasteiger partial charge on any atom is -0.469 e. The first kappa shape index (κ1) is 86.8. The monoisotopic (exact) mass is 926 g/mol. The third kappa shape index (κ3) is 331. The van der Waals surface area contributed by atoms with Crippen molar-refractivity contribution in [3.63, 3.8) is 0 Å². The molecule has 1 atom stereocenters. The summed E-state index contributed by atoms with van der Waals surface area (Å²) >= 11 is 11.5. The maximum absolute atomic E-state index is 10.1. The lowest BCUT2D eigenvalue weighted by atomic mass is 10.6. The van der Waals surface area contributed by atoms with E-state index in [4.69, 9.17) is 24.4 Å². The van der Waals surface area contributed by atoms with Gasteiger partial charge in [-0.2, -0.15) is 11.8 Å². The van der Waals surface area contributed by atoms with Crippen molar-refractivity contribution in [1.29, 1.82) is 0 Å². The smallest absolute Gasteiger partial charge is 0.302 e. The average Bonchev–Trinajstić information content (AvgIpc) is 3.06. The third-order valence-electron chi connectivity index (χ3n) is 3.50. The molecule has 57 heavy (non-hydrogen) atoms. The van der Waals surface area contributed by atoms with Gasteiger partial charge in [-0.3, -0.25) is 23.4 Å². The lowest BCUT2D eigenvalue weighted by molar-refractivity contribution is -0.138. The first-order chi connectivity index (χ1) is 25.6. The normalized spacial score (nSPS) is 8.04. The molecule has 0 aromatic rings. The number of hydrogen-bond acceptors (Lipinski definition) is 16. The number of carbonyl (C=O) groups is 5. The molecule has 0 saturated heterocycles. The second-order valence-corrected chi connectivity index (χ2v) is 14.8. The van der Waals surface area contributed by atoms with Gasteiger partial charge in [-0.15, -0.1) is 0 Å². The molecule has 0 aromatic carbocycles. The number of thioether (sulfide) groups is 1. The predicted molar refractivity (Wildman–Crippen MR) is 258 cm³/mol. The van der Waals surface area contributed by atoms with Crippen molar-refractivity contribution in [2.75, 3.05) is 145 Å². The summed E-state index contributed by atoms with van der Waals surface area (Å²) in [5.41, 5.74) is 0. The first-order valence-corrected chi connectivity index (χ1v) is 21.3. The van der Waals surface area contributed by atoms with Crippen LogP contribution < -0.4 is 0 Å². The molecular formula is C36H87N5O11S5. The van der Waals surface area contributed by atoms with Crippen LogP contribution in [0.2, 0.25) is 0 Å². The Morgan fingerprint density at radius 3 is 0.596 bits per heavy atom. The van der Waals surface area contributed by atoms with Crippen LogP contribution >= 0.6 is 48.2 Å². The summed E-state index contributed by atoms with van der Waals surface area (Å²) in [4.78, 5) is 59.5. The number of methoxy groups -OCH3 is 3. The Labute approximate surface area is 373 Å². The molecule has 352 valence electrons. The van der Waals surface area contributed by atoms with E-state index in [9.17, 15) is 28.2 Å². The molecule has 0 heterocycles. The van der Waals surface area contributed by atoms with E-state index in [0.29, 0.717) is 0 Å². The lowest BCUT2D eigenvalue weighted by Gasteiger charge is -2.06. The summed E-state index contributed by atoms with van der Waals surface area (Å²) in [6.07, 6.45) is 7.43. The molecule has 0 aliphatic rings. The Hall–Kier alpha value is -1.98. The maximum Gasteiger partial charge on any atom is 0.302 e. The number of nitrogens with zero attached hydrogens (tertiary/aromatic N) is 5. The number of Topliss-reactive ketones (excluding diaryl/α,β-unsaturated/α-hetero) is 1. The Kier molecular flexibility index (Phi) is 119. The van der Waals surface area contributed by atoms with Crippen LogP contribution in [0.15, 0.2) is 0 Å². The van der Waals surface area contributed by atoms with Crippen LogP contribution in [0.4, 0.5) is 0 Å². The van der Waals surface area contributed by atoms with Gasteiger partial charge in [0, 0.05) is 111 Å². The van der Waals surface area contributed by atoms with Crippen LogP contribution in [0.25, 0.3) is 0 Å². The van der Waals surface area contributed by atoms with Gasteiger partial charge in [0.15, 0.2) is 11.1 Å². The van der Waals surface area contributed by atoms with Gasteiger partial charge in [0.2, 0.25) is 11.8 Å². The molecule has 0 N–H and O–H groups in total. The molecule has 16 nitrogen and oxygen atoms in total.